The number of furan rings is 1. The number of aryl methyl sites for hydroxylation is 1. The number of ether oxygens (including phenoxy) is 1. The molecule has 7 nitrogen and oxygen atoms in total. The molecule has 1 aromatic heterocycles. The molecular weight excluding hydrogens is 492 g/mol. The number of aromatic hydroxyl groups is 1. The van der Waals surface area contributed by atoms with Crippen LogP contribution in [0.2, 0.25) is 0 Å². The maximum absolute atomic E-state index is 13.5. The van der Waals surface area contributed by atoms with Crippen molar-refractivity contribution >= 4 is 23.2 Å². The molecule has 0 aliphatic heterocycles. The molecule has 3 aromatic carbocycles. The third-order valence-electron chi connectivity index (χ3n) is 7.33. The Morgan fingerprint density at radius 3 is 2.36 bits per heavy atom. The first-order valence-electron chi connectivity index (χ1n) is 13.2. The Balaban J connectivity index is 1.48. The standard InChI is InChI=1S/C32H32N2O5/c1-21-10-8-11-22(18-21)39-23-19-25(32(2)15-6-3-7-16-32)29(35)27(20-23)34-30(36)24-12-4-5-13-26(24)33-31(37)28-14-9-17-38-28/h4-5,8-14,17-20,35H,3,6-7,15-16H2,1-2H3,(H,33,37)(H,34,36). The maximum atomic E-state index is 13.5. The van der Waals surface area contributed by atoms with E-state index in [9.17, 15) is 14.7 Å². The zero-order chi connectivity index (χ0) is 27.4. The number of amides is 2. The van der Waals surface area contributed by atoms with E-state index in [0.29, 0.717) is 17.2 Å². The molecule has 1 aliphatic carbocycles. The van der Waals surface area contributed by atoms with Crippen molar-refractivity contribution < 1.29 is 23.8 Å². The second kappa shape index (κ2) is 11.1. The largest absolute Gasteiger partial charge is 0.505 e. The first-order valence-corrected chi connectivity index (χ1v) is 13.2. The lowest BCUT2D eigenvalue weighted by Crippen LogP contribution is -2.25. The fourth-order valence-electron chi connectivity index (χ4n) is 5.21. The number of rotatable bonds is 7. The molecule has 4 aromatic rings. The average Bonchev–Trinajstić information content (AvgIpc) is 3.46. The predicted octanol–water partition coefficient (Wildman–Crippen LogP) is 7.81. The topological polar surface area (TPSA) is 101 Å². The minimum absolute atomic E-state index is 0.0291. The number of anilines is 2. The van der Waals surface area contributed by atoms with Gasteiger partial charge >= 0.3 is 0 Å². The monoisotopic (exact) mass is 524 g/mol. The molecule has 5 rings (SSSR count). The van der Waals surface area contributed by atoms with Crippen molar-refractivity contribution in [2.45, 2.75) is 51.4 Å². The van der Waals surface area contributed by atoms with Gasteiger partial charge in [-0.15, -0.1) is 0 Å². The van der Waals surface area contributed by atoms with Crippen LogP contribution in [0, 0.1) is 6.92 Å². The molecule has 0 unspecified atom stereocenters. The lowest BCUT2D eigenvalue weighted by molar-refractivity contribution is 0.0996. The zero-order valence-corrected chi connectivity index (χ0v) is 22.1. The molecule has 1 aliphatic rings. The van der Waals surface area contributed by atoms with E-state index in [1.807, 2.05) is 37.3 Å². The third-order valence-corrected chi connectivity index (χ3v) is 7.33. The highest BCUT2D eigenvalue weighted by molar-refractivity contribution is 6.12. The number of para-hydroxylation sites is 1. The van der Waals surface area contributed by atoms with Crippen LogP contribution in [0.4, 0.5) is 11.4 Å². The van der Waals surface area contributed by atoms with Gasteiger partial charge in [0.25, 0.3) is 11.8 Å². The van der Waals surface area contributed by atoms with E-state index in [0.717, 1.165) is 36.8 Å². The summed E-state index contributed by atoms with van der Waals surface area (Å²) in [5.74, 6) is 0.409. The van der Waals surface area contributed by atoms with E-state index in [2.05, 4.69) is 17.6 Å². The van der Waals surface area contributed by atoms with Gasteiger partial charge in [0.2, 0.25) is 0 Å². The van der Waals surface area contributed by atoms with Gasteiger partial charge in [-0.25, -0.2) is 0 Å². The Labute approximate surface area is 227 Å². The molecule has 39 heavy (non-hydrogen) atoms. The minimum atomic E-state index is -0.479. The van der Waals surface area contributed by atoms with E-state index < -0.39 is 11.8 Å². The normalized spacial score (nSPS) is 14.4. The first kappa shape index (κ1) is 26.1. The molecule has 0 radical (unpaired) electrons. The smallest absolute Gasteiger partial charge is 0.291 e. The number of hydrogen-bond donors (Lipinski definition) is 3. The van der Waals surface area contributed by atoms with Crippen molar-refractivity contribution in [2.75, 3.05) is 10.6 Å². The van der Waals surface area contributed by atoms with Crippen molar-refractivity contribution in [1.82, 2.24) is 0 Å². The van der Waals surface area contributed by atoms with Gasteiger partial charge in [-0.05, 0) is 73.2 Å². The summed E-state index contributed by atoms with van der Waals surface area (Å²) in [6.07, 6.45) is 6.59. The van der Waals surface area contributed by atoms with E-state index >= 15 is 0 Å². The molecule has 1 heterocycles. The van der Waals surface area contributed by atoms with Crippen LogP contribution in [0.3, 0.4) is 0 Å². The van der Waals surface area contributed by atoms with Crippen LogP contribution in [0.1, 0.15) is 71.1 Å². The number of phenols is 1. The summed E-state index contributed by atoms with van der Waals surface area (Å²) >= 11 is 0. The highest BCUT2D eigenvalue weighted by Crippen LogP contribution is 2.47. The van der Waals surface area contributed by atoms with Gasteiger partial charge in [0, 0.05) is 11.6 Å². The van der Waals surface area contributed by atoms with Crippen LogP contribution >= 0.6 is 0 Å². The lowest BCUT2D eigenvalue weighted by atomic mass is 9.70. The number of carbonyl (C=O) groups is 2. The molecule has 0 saturated heterocycles. The van der Waals surface area contributed by atoms with Crippen LogP contribution in [0.25, 0.3) is 0 Å². The number of hydrogen-bond acceptors (Lipinski definition) is 5. The summed E-state index contributed by atoms with van der Waals surface area (Å²) in [7, 11) is 0. The van der Waals surface area contributed by atoms with Gasteiger partial charge in [-0.1, -0.05) is 50.5 Å². The number of phenolic OH excluding ortho intramolecular Hbond substituents is 1. The molecule has 1 saturated carbocycles. The molecule has 3 N–H and O–H groups in total. The third kappa shape index (κ3) is 5.82. The Hall–Kier alpha value is -4.52. The van der Waals surface area contributed by atoms with Crippen LogP contribution in [0.5, 0.6) is 17.2 Å². The van der Waals surface area contributed by atoms with Gasteiger partial charge in [-0.2, -0.15) is 0 Å². The molecular formula is C32H32N2O5. The van der Waals surface area contributed by atoms with E-state index in [4.69, 9.17) is 9.15 Å². The summed E-state index contributed by atoms with van der Waals surface area (Å²) in [4.78, 5) is 26.1. The van der Waals surface area contributed by atoms with Crippen molar-refractivity contribution in [1.29, 1.82) is 0 Å². The first-order chi connectivity index (χ1) is 18.8. The van der Waals surface area contributed by atoms with Crippen molar-refractivity contribution in [3.8, 4) is 17.2 Å². The lowest BCUT2D eigenvalue weighted by Gasteiger charge is -2.35. The number of carbonyl (C=O) groups excluding carboxylic acids is 2. The molecule has 0 atom stereocenters. The van der Waals surface area contributed by atoms with Gasteiger partial charge < -0.3 is 24.9 Å². The summed E-state index contributed by atoms with van der Waals surface area (Å²) in [6.45, 7) is 4.15. The van der Waals surface area contributed by atoms with Gasteiger partial charge in [0.15, 0.2) is 5.76 Å². The van der Waals surface area contributed by atoms with Crippen molar-refractivity contribution in [2.24, 2.45) is 0 Å². The fourth-order valence-corrected chi connectivity index (χ4v) is 5.21. The van der Waals surface area contributed by atoms with Crippen LogP contribution in [0.15, 0.2) is 83.5 Å². The summed E-state index contributed by atoms with van der Waals surface area (Å²) in [6, 6.07) is 21.1. The average molecular weight is 525 g/mol. The molecule has 0 bridgehead atoms. The van der Waals surface area contributed by atoms with E-state index in [1.54, 1.807) is 42.5 Å². The Morgan fingerprint density at radius 1 is 0.846 bits per heavy atom. The highest BCUT2D eigenvalue weighted by atomic mass is 16.5. The van der Waals surface area contributed by atoms with Crippen LogP contribution < -0.4 is 15.4 Å². The van der Waals surface area contributed by atoms with Gasteiger partial charge in [0.05, 0.1) is 23.2 Å². The number of nitrogens with one attached hydrogen (secondary N) is 2. The van der Waals surface area contributed by atoms with Gasteiger partial charge in [0.1, 0.15) is 17.2 Å². The predicted molar refractivity (Wildman–Crippen MR) is 151 cm³/mol. The SMILES string of the molecule is Cc1cccc(Oc2cc(NC(=O)c3ccccc3NC(=O)c3ccco3)c(O)c(C3(C)CCCCC3)c2)c1. The Kier molecular flexibility index (Phi) is 7.41. The molecule has 2 amide bonds. The van der Waals surface area contributed by atoms with Gasteiger partial charge in [-0.3, -0.25) is 9.59 Å². The Morgan fingerprint density at radius 2 is 1.62 bits per heavy atom. The Bertz CT molecular complexity index is 1490. The maximum Gasteiger partial charge on any atom is 0.291 e. The van der Waals surface area contributed by atoms with E-state index in [1.165, 1.54) is 12.7 Å². The fraction of sp³-hybridized carbons (Fsp3) is 0.250. The zero-order valence-electron chi connectivity index (χ0n) is 22.1. The summed E-state index contributed by atoms with van der Waals surface area (Å²) in [5.41, 5.74) is 2.38. The molecule has 1 fully saturated rings. The van der Waals surface area contributed by atoms with Crippen molar-refractivity contribution in [3.05, 3.63) is 102 Å². The molecule has 7 heteroatoms. The van der Waals surface area contributed by atoms with Crippen LogP contribution in [-0.2, 0) is 5.41 Å². The second-order valence-electron chi connectivity index (χ2n) is 10.3. The van der Waals surface area contributed by atoms with Crippen molar-refractivity contribution in [3.63, 3.8) is 0 Å². The molecule has 200 valence electrons. The second-order valence-corrected chi connectivity index (χ2v) is 10.3. The van der Waals surface area contributed by atoms with E-state index in [-0.39, 0.29) is 28.2 Å². The summed E-state index contributed by atoms with van der Waals surface area (Å²) in [5, 5.41) is 17.0. The highest BCUT2D eigenvalue weighted by Gasteiger charge is 2.33. The minimum Gasteiger partial charge on any atom is -0.505 e. The summed E-state index contributed by atoms with van der Waals surface area (Å²) < 4.78 is 11.4. The number of benzene rings is 3. The van der Waals surface area contributed by atoms with Crippen LogP contribution in [-0.4, -0.2) is 16.9 Å². The molecule has 0 spiro atoms. The quantitative estimate of drug-likeness (QED) is 0.214.